The third-order valence-electron chi connectivity index (χ3n) is 2.37. The summed E-state index contributed by atoms with van der Waals surface area (Å²) in [4.78, 5) is 13.4. The number of carboxylic acids is 1. The Bertz CT molecular complexity index is 549. The van der Waals surface area contributed by atoms with Crippen LogP contribution in [0.4, 0.5) is 0 Å². The molecule has 0 aliphatic heterocycles. The standard InChI is InChI=1S/C14H14O3S2/c1-10-9-12(13(19-10)14(15)16)17-7-8-18-11-5-3-2-4-6-11/h2-6,9H,7-8H2,1H3,(H,15,16). The minimum absolute atomic E-state index is 0.280. The van der Waals surface area contributed by atoms with Gasteiger partial charge in [-0.15, -0.1) is 23.1 Å². The molecule has 19 heavy (non-hydrogen) atoms. The summed E-state index contributed by atoms with van der Waals surface area (Å²) < 4.78 is 5.55. The molecule has 3 nitrogen and oxygen atoms in total. The third-order valence-corrected chi connectivity index (χ3v) is 4.36. The van der Waals surface area contributed by atoms with E-state index in [1.165, 1.54) is 16.2 Å². The molecule has 2 rings (SSSR count). The van der Waals surface area contributed by atoms with Gasteiger partial charge in [-0.05, 0) is 25.1 Å². The number of thiophene rings is 1. The highest BCUT2D eigenvalue weighted by Gasteiger charge is 2.14. The van der Waals surface area contributed by atoms with Crippen LogP contribution >= 0.6 is 23.1 Å². The van der Waals surface area contributed by atoms with E-state index < -0.39 is 5.97 Å². The lowest BCUT2D eigenvalue weighted by Crippen LogP contribution is -2.03. The van der Waals surface area contributed by atoms with Crippen molar-refractivity contribution in [1.29, 1.82) is 0 Å². The first-order valence-electron chi connectivity index (χ1n) is 5.81. The molecule has 100 valence electrons. The zero-order valence-corrected chi connectivity index (χ0v) is 12.1. The van der Waals surface area contributed by atoms with Crippen LogP contribution in [-0.4, -0.2) is 23.4 Å². The molecule has 1 N–H and O–H groups in total. The normalized spacial score (nSPS) is 10.4. The van der Waals surface area contributed by atoms with Gasteiger partial charge in [0.05, 0.1) is 6.61 Å². The molecule has 0 spiro atoms. The maximum absolute atomic E-state index is 11.0. The van der Waals surface area contributed by atoms with Gasteiger partial charge in [-0.3, -0.25) is 0 Å². The highest BCUT2D eigenvalue weighted by atomic mass is 32.2. The Kier molecular flexibility index (Phi) is 4.87. The molecule has 0 bridgehead atoms. The number of rotatable bonds is 6. The largest absolute Gasteiger partial charge is 0.491 e. The topological polar surface area (TPSA) is 46.5 Å². The highest BCUT2D eigenvalue weighted by molar-refractivity contribution is 7.99. The molecule has 1 aromatic carbocycles. The Balaban J connectivity index is 1.84. The average molecular weight is 294 g/mol. The van der Waals surface area contributed by atoms with Crippen LogP contribution < -0.4 is 4.74 Å². The van der Waals surface area contributed by atoms with E-state index in [9.17, 15) is 4.79 Å². The summed E-state index contributed by atoms with van der Waals surface area (Å²) in [5.74, 6) is 0.338. The Morgan fingerprint density at radius 1 is 1.37 bits per heavy atom. The number of thioether (sulfide) groups is 1. The number of carboxylic acid groups (broad SMARTS) is 1. The van der Waals surface area contributed by atoms with Crippen LogP contribution in [0.15, 0.2) is 41.3 Å². The van der Waals surface area contributed by atoms with Crippen LogP contribution in [-0.2, 0) is 0 Å². The second-order valence-corrected chi connectivity index (χ2v) is 6.29. The Labute approximate surface area is 120 Å². The van der Waals surface area contributed by atoms with Gasteiger partial charge in [-0.2, -0.15) is 0 Å². The second kappa shape index (κ2) is 6.63. The molecule has 2 aromatic rings. The van der Waals surface area contributed by atoms with Crippen molar-refractivity contribution in [1.82, 2.24) is 0 Å². The van der Waals surface area contributed by atoms with Gasteiger partial charge < -0.3 is 9.84 Å². The first kappa shape index (κ1) is 14.0. The van der Waals surface area contributed by atoms with Gasteiger partial charge in [0.1, 0.15) is 5.75 Å². The van der Waals surface area contributed by atoms with Crippen molar-refractivity contribution in [3.05, 3.63) is 46.2 Å². The Morgan fingerprint density at radius 2 is 2.11 bits per heavy atom. The molecular weight excluding hydrogens is 280 g/mol. The van der Waals surface area contributed by atoms with Crippen LogP contribution in [0.3, 0.4) is 0 Å². The number of aryl methyl sites for hydroxylation is 1. The van der Waals surface area contributed by atoms with Crippen LogP contribution in [0.1, 0.15) is 14.5 Å². The molecule has 0 amide bonds. The molecule has 0 atom stereocenters. The van der Waals surface area contributed by atoms with Crippen LogP contribution in [0.2, 0.25) is 0 Å². The monoisotopic (exact) mass is 294 g/mol. The summed E-state index contributed by atoms with van der Waals surface area (Å²) in [5, 5.41) is 9.04. The quantitative estimate of drug-likeness (QED) is 0.648. The average Bonchev–Trinajstić information content (AvgIpc) is 2.77. The van der Waals surface area contributed by atoms with Crippen LogP contribution in [0.5, 0.6) is 5.75 Å². The van der Waals surface area contributed by atoms with Crippen LogP contribution in [0.25, 0.3) is 0 Å². The van der Waals surface area contributed by atoms with E-state index in [0.29, 0.717) is 12.4 Å². The SMILES string of the molecule is Cc1cc(OCCSc2ccccc2)c(C(=O)O)s1. The zero-order valence-electron chi connectivity index (χ0n) is 10.5. The van der Waals surface area contributed by atoms with Crippen molar-refractivity contribution in [2.24, 2.45) is 0 Å². The maximum Gasteiger partial charge on any atom is 0.349 e. The van der Waals surface area contributed by atoms with Gasteiger partial charge in [-0.1, -0.05) is 18.2 Å². The maximum atomic E-state index is 11.0. The summed E-state index contributed by atoms with van der Waals surface area (Å²) in [5.41, 5.74) is 0. The van der Waals surface area contributed by atoms with Crippen molar-refractivity contribution in [3.8, 4) is 5.75 Å². The molecule has 1 aromatic heterocycles. The molecule has 1 heterocycles. The molecule has 0 unspecified atom stereocenters. The van der Waals surface area contributed by atoms with Gasteiger partial charge in [-0.25, -0.2) is 4.79 Å². The van der Waals surface area contributed by atoms with Crippen molar-refractivity contribution < 1.29 is 14.6 Å². The van der Waals surface area contributed by atoms with Gasteiger partial charge in [0.15, 0.2) is 4.88 Å². The zero-order chi connectivity index (χ0) is 13.7. The predicted octanol–water partition coefficient (Wildman–Crippen LogP) is 3.93. The molecule has 0 aliphatic rings. The van der Waals surface area contributed by atoms with E-state index in [1.54, 1.807) is 17.8 Å². The number of hydrogen-bond donors (Lipinski definition) is 1. The van der Waals surface area contributed by atoms with Crippen LogP contribution in [0, 0.1) is 6.92 Å². The van der Waals surface area contributed by atoms with E-state index in [1.807, 2.05) is 37.3 Å². The van der Waals surface area contributed by atoms with Crippen molar-refractivity contribution in [2.45, 2.75) is 11.8 Å². The Hall–Kier alpha value is -1.46. The summed E-state index contributed by atoms with van der Waals surface area (Å²) in [6.07, 6.45) is 0. The molecule has 5 heteroatoms. The number of carbonyl (C=O) groups is 1. The van der Waals surface area contributed by atoms with Gasteiger partial charge >= 0.3 is 5.97 Å². The lowest BCUT2D eigenvalue weighted by atomic mass is 10.4. The summed E-state index contributed by atoms with van der Waals surface area (Å²) in [6.45, 7) is 2.37. The molecule has 0 fully saturated rings. The fraction of sp³-hybridized carbons (Fsp3) is 0.214. The third kappa shape index (κ3) is 4.01. The number of ether oxygens (including phenoxy) is 1. The number of hydrogen-bond acceptors (Lipinski definition) is 4. The number of aromatic carboxylic acids is 1. The molecule has 0 saturated carbocycles. The molecule has 0 saturated heterocycles. The van der Waals surface area contributed by atoms with Crippen molar-refractivity contribution in [2.75, 3.05) is 12.4 Å². The number of benzene rings is 1. The van der Waals surface area contributed by atoms with E-state index in [4.69, 9.17) is 9.84 Å². The summed E-state index contributed by atoms with van der Waals surface area (Å²) in [7, 11) is 0. The van der Waals surface area contributed by atoms with Crippen molar-refractivity contribution >= 4 is 29.1 Å². The first-order valence-corrected chi connectivity index (χ1v) is 7.61. The van der Waals surface area contributed by atoms with Gasteiger partial charge in [0.25, 0.3) is 0 Å². The van der Waals surface area contributed by atoms with E-state index in [0.717, 1.165) is 10.6 Å². The van der Waals surface area contributed by atoms with Gasteiger partial charge in [0, 0.05) is 15.5 Å². The minimum Gasteiger partial charge on any atom is -0.491 e. The fourth-order valence-corrected chi connectivity index (χ4v) is 3.12. The van der Waals surface area contributed by atoms with Crippen molar-refractivity contribution in [3.63, 3.8) is 0 Å². The van der Waals surface area contributed by atoms with E-state index >= 15 is 0 Å². The minimum atomic E-state index is -0.927. The lowest BCUT2D eigenvalue weighted by Gasteiger charge is -2.05. The lowest BCUT2D eigenvalue weighted by molar-refractivity contribution is 0.0698. The second-order valence-electron chi connectivity index (χ2n) is 3.87. The predicted molar refractivity (Wildman–Crippen MR) is 78.7 cm³/mol. The molecule has 0 radical (unpaired) electrons. The first-order chi connectivity index (χ1) is 9.16. The smallest absolute Gasteiger partial charge is 0.349 e. The summed E-state index contributed by atoms with van der Waals surface area (Å²) in [6, 6.07) is 11.8. The van der Waals surface area contributed by atoms with Gasteiger partial charge in [0.2, 0.25) is 0 Å². The van der Waals surface area contributed by atoms with E-state index in [-0.39, 0.29) is 4.88 Å². The van der Waals surface area contributed by atoms with E-state index in [2.05, 4.69) is 0 Å². The highest BCUT2D eigenvalue weighted by Crippen LogP contribution is 2.29. The Morgan fingerprint density at radius 3 is 2.79 bits per heavy atom. The fourth-order valence-electron chi connectivity index (χ4n) is 1.58. The molecular formula is C14H14O3S2. The molecule has 0 aliphatic carbocycles. The summed E-state index contributed by atoms with van der Waals surface area (Å²) >= 11 is 2.94.